The SMILES string of the molecule is CCOC(=O)C(C)(CN1CCC(N(C)C)C1)NC. The van der Waals surface area contributed by atoms with Crippen LogP contribution < -0.4 is 5.32 Å². The second-order valence-electron chi connectivity index (χ2n) is 5.44. The summed E-state index contributed by atoms with van der Waals surface area (Å²) in [7, 11) is 6.03. The van der Waals surface area contributed by atoms with Crippen molar-refractivity contribution in [2.75, 3.05) is 47.4 Å². The zero-order valence-corrected chi connectivity index (χ0v) is 12.3. The van der Waals surface area contributed by atoms with Gasteiger partial charge < -0.3 is 15.0 Å². The van der Waals surface area contributed by atoms with Gasteiger partial charge in [-0.2, -0.15) is 0 Å². The van der Waals surface area contributed by atoms with Gasteiger partial charge in [0.2, 0.25) is 0 Å². The zero-order chi connectivity index (χ0) is 13.8. The number of ether oxygens (including phenoxy) is 1. The third kappa shape index (κ3) is 3.67. The number of likely N-dealkylation sites (tertiary alicyclic amines) is 1. The van der Waals surface area contributed by atoms with E-state index in [2.05, 4.69) is 29.2 Å². The molecule has 0 aromatic rings. The normalized spacial score (nSPS) is 24.2. The summed E-state index contributed by atoms with van der Waals surface area (Å²) in [5, 5.41) is 3.10. The Bertz CT molecular complexity index is 283. The molecule has 2 atom stereocenters. The Hall–Kier alpha value is -0.650. The second kappa shape index (κ2) is 6.50. The van der Waals surface area contributed by atoms with E-state index in [1.54, 1.807) is 0 Å². The molecule has 0 spiro atoms. The number of nitrogens with one attached hydrogen (secondary N) is 1. The van der Waals surface area contributed by atoms with Crippen molar-refractivity contribution < 1.29 is 9.53 Å². The average Bonchev–Trinajstić information content (AvgIpc) is 2.77. The third-order valence-electron chi connectivity index (χ3n) is 3.80. The molecule has 1 saturated heterocycles. The first-order valence-corrected chi connectivity index (χ1v) is 6.68. The fourth-order valence-electron chi connectivity index (χ4n) is 2.36. The van der Waals surface area contributed by atoms with Gasteiger partial charge in [0.05, 0.1) is 6.61 Å². The van der Waals surface area contributed by atoms with Crippen molar-refractivity contribution in [3.05, 3.63) is 0 Å². The number of carbonyl (C=O) groups excluding carboxylic acids is 1. The van der Waals surface area contributed by atoms with Gasteiger partial charge in [-0.1, -0.05) is 0 Å². The lowest BCUT2D eigenvalue weighted by atomic mass is 10.0. The average molecular weight is 257 g/mol. The van der Waals surface area contributed by atoms with Crippen LogP contribution in [0.25, 0.3) is 0 Å². The van der Waals surface area contributed by atoms with E-state index in [0.717, 1.165) is 19.5 Å². The molecule has 5 nitrogen and oxygen atoms in total. The van der Waals surface area contributed by atoms with Crippen molar-refractivity contribution in [3.8, 4) is 0 Å². The molecule has 1 rings (SSSR count). The molecule has 0 bridgehead atoms. The van der Waals surface area contributed by atoms with Crippen LogP contribution in [0.5, 0.6) is 0 Å². The van der Waals surface area contributed by atoms with E-state index < -0.39 is 5.54 Å². The molecule has 0 aromatic heterocycles. The first-order chi connectivity index (χ1) is 8.42. The molecule has 1 aliphatic rings. The predicted octanol–water partition coefficient (Wildman–Crippen LogP) is 0.164. The van der Waals surface area contributed by atoms with Crippen LogP contribution in [0.4, 0.5) is 0 Å². The number of carbonyl (C=O) groups is 1. The van der Waals surface area contributed by atoms with Crippen LogP contribution in [-0.2, 0) is 9.53 Å². The zero-order valence-electron chi connectivity index (χ0n) is 12.3. The van der Waals surface area contributed by atoms with Gasteiger partial charge in [-0.25, -0.2) is 0 Å². The van der Waals surface area contributed by atoms with Crippen molar-refractivity contribution >= 4 is 5.97 Å². The number of likely N-dealkylation sites (N-methyl/N-ethyl adjacent to an activating group) is 2. The van der Waals surface area contributed by atoms with Gasteiger partial charge in [-0.3, -0.25) is 9.69 Å². The topological polar surface area (TPSA) is 44.8 Å². The predicted molar refractivity (Wildman–Crippen MR) is 72.6 cm³/mol. The molecular weight excluding hydrogens is 230 g/mol. The quantitative estimate of drug-likeness (QED) is 0.687. The molecule has 0 saturated carbocycles. The van der Waals surface area contributed by atoms with Gasteiger partial charge in [-0.15, -0.1) is 0 Å². The second-order valence-corrected chi connectivity index (χ2v) is 5.44. The molecule has 106 valence electrons. The number of rotatable bonds is 6. The van der Waals surface area contributed by atoms with Crippen molar-refractivity contribution in [3.63, 3.8) is 0 Å². The standard InChI is InChI=1S/C13H27N3O2/c1-6-18-12(17)13(2,14-3)10-16-8-7-11(9-16)15(4)5/h11,14H,6-10H2,1-5H3. The Morgan fingerprint density at radius 3 is 2.67 bits per heavy atom. The Morgan fingerprint density at radius 2 is 2.22 bits per heavy atom. The van der Waals surface area contributed by atoms with E-state index in [1.807, 2.05) is 20.9 Å². The number of hydrogen-bond donors (Lipinski definition) is 1. The molecule has 1 heterocycles. The highest BCUT2D eigenvalue weighted by Gasteiger charge is 2.37. The van der Waals surface area contributed by atoms with Crippen molar-refractivity contribution in [1.82, 2.24) is 15.1 Å². The lowest BCUT2D eigenvalue weighted by Gasteiger charge is -2.31. The first kappa shape index (κ1) is 15.4. The van der Waals surface area contributed by atoms with Crippen LogP contribution >= 0.6 is 0 Å². The molecule has 2 unspecified atom stereocenters. The van der Waals surface area contributed by atoms with E-state index in [1.165, 1.54) is 0 Å². The summed E-state index contributed by atoms with van der Waals surface area (Å²) in [6, 6.07) is 0.591. The molecule has 1 aliphatic heterocycles. The van der Waals surface area contributed by atoms with Crippen molar-refractivity contribution in [2.24, 2.45) is 0 Å². The highest BCUT2D eigenvalue weighted by atomic mass is 16.5. The summed E-state index contributed by atoms with van der Waals surface area (Å²) >= 11 is 0. The Kier molecular flexibility index (Phi) is 5.56. The molecule has 5 heteroatoms. The monoisotopic (exact) mass is 257 g/mol. The summed E-state index contributed by atoms with van der Waals surface area (Å²) in [6.07, 6.45) is 1.16. The summed E-state index contributed by atoms with van der Waals surface area (Å²) in [5.41, 5.74) is -0.614. The Morgan fingerprint density at radius 1 is 1.56 bits per heavy atom. The summed E-state index contributed by atoms with van der Waals surface area (Å²) in [5.74, 6) is -0.166. The van der Waals surface area contributed by atoms with Crippen LogP contribution in [-0.4, -0.2) is 74.7 Å². The molecule has 1 N–H and O–H groups in total. The minimum atomic E-state index is -0.614. The Labute approximate surface area is 110 Å². The minimum Gasteiger partial charge on any atom is -0.465 e. The van der Waals surface area contributed by atoms with E-state index in [4.69, 9.17) is 4.74 Å². The minimum absolute atomic E-state index is 0.166. The highest BCUT2D eigenvalue weighted by molar-refractivity contribution is 5.80. The summed E-state index contributed by atoms with van der Waals surface area (Å²) in [6.45, 7) is 6.94. The number of hydrogen-bond acceptors (Lipinski definition) is 5. The van der Waals surface area contributed by atoms with Crippen molar-refractivity contribution in [2.45, 2.75) is 31.8 Å². The summed E-state index contributed by atoms with van der Waals surface area (Å²) in [4.78, 5) is 16.6. The van der Waals surface area contributed by atoms with Crippen molar-refractivity contribution in [1.29, 1.82) is 0 Å². The molecular formula is C13H27N3O2. The van der Waals surface area contributed by atoms with Gasteiger partial charge >= 0.3 is 5.97 Å². The number of nitrogens with zero attached hydrogens (tertiary/aromatic N) is 2. The maximum Gasteiger partial charge on any atom is 0.327 e. The van der Waals surface area contributed by atoms with Crippen LogP contribution in [0.2, 0.25) is 0 Å². The van der Waals surface area contributed by atoms with Gasteiger partial charge in [-0.05, 0) is 48.0 Å². The fourth-order valence-corrected chi connectivity index (χ4v) is 2.36. The number of esters is 1. The van der Waals surface area contributed by atoms with E-state index in [0.29, 0.717) is 19.2 Å². The summed E-state index contributed by atoms with van der Waals surface area (Å²) < 4.78 is 5.14. The smallest absolute Gasteiger partial charge is 0.327 e. The van der Waals surface area contributed by atoms with Gasteiger partial charge in [0.1, 0.15) is 5.54 Å². The van der Waals surface area contributed by atoms with Gasteiger partial charge in [0.15, 0.2) is 0 Å². The largest absolute Gasteiger partial charge is 0.465 e. The maximum absolute atomic E-state index is 12.0. The molecule has 1 fully saturated rings. The van der Waals surface area contributed by atoms with E-state index >= 15 is 0 Å². The lowest BCUT2D eigenvalue weighted by molar-refractivity contribution is -0.151. The molecule has 0 aliphatic carbocycles. The fraction of sp³-hybridized carbons (Fsp3) is 0.923. The first-order valence-electron chi connectivity index (χ1n) is 6.68. The van der Waals surface area contributed by atoms with E-state index in [9.17, 15) is 4.79 Å². The van der Waals surface area contributed by atoms with Crippen LogP contribution in [0.3, 0.4) is 0 Å². The lowest BCUT2D eigenvalue weighted by Crippen LogP contribution is -2.56. The molecule has 0 aromatic carbocycles. The molecule has 0 radical (unpaired) electrons. The highest BCUT2D eigenvalue weighted by Crippen LogP contribution is 2.17. The van der Waals surface area contributed by atoms with Crippen LogP contribution in [0.1, 0.15) is 20.3 Å². The third-order valence-corrected chi connectivity index (χ3v) is 3.80. The molecule has 18 heavy (non-hydrogen) atoms. The molecule has 0 amide bonds. The Balaban J connectivity index is 2.56. The van der Waals surface area contributed by atoms with Gasteiger partial charge in [0.25, 0.3) is 0 Å². The van der Waals surface area contributed by atoms with Crippen LogP contribution in [0.15, 0.2) is 0 Å². The van der Waals surface area contributed by atoms with Gasteiger partial charge in [0, 0.05) is 19.1 Å². The maximum atomic E-state index is 12.0. The van der Waals surface area contributed by atoms with Crippen LogP contribution in [0, 0.1) is 0 Å². The van der Waals surface area contributed by atoms with E-state index in [-0.39, 0.29) is 5.97 Å².